The highest BCUT2D eigenvalue weighted by molar-refractivity contribution is 5.95. The largest absolute Gasteiger partial charge is 0.443 e. The van der Waals surface area contributed by atoms with Crippen LogP contribution in [0, 0.1) is 5.82 Å². The molecule has 1 aliphatic carbocycles. The summed E-state index contributed by atoms with van der Waals surface area (Å²) in [6.45, 7) is 7.22. The average molecular weight is 412 g/mol. The number of nitrogens with one attached hydrogen (secondary N) is 1. The van der Waals surface area contributed by atoms with E-state index in [0.717, 1.165) is 35.1 Å². The Bertz CT molecular complexity index is 1010. The van der Waals surface area contributed by atoms with Gasteiger partial charge < -0.3 is 9.72 Å². The van der Waals surface area contributed by atoms with E-state index in [1.165, 1.54) is 43.4 Å². The SMILES string of the molecule is CC(C)(C)OC(=O)N1CCC2C1=C(c1c[nH]c3cc(F)ccc13)CN2C1CCCC1. The quantitative estimate of drug-likeness (QED) is 0.731. The fourth-order valence-corrected chi connectivity index (χ4v) is 5.45. The Morgan fingerprint density at radius 2 is 1.97 bits per heavy atom. The van der Waals surface area contributed by atoms with Crippen molar-refractivity contribution in [3.63, 3.8) is 0 Å². The lowest BCUT2D eigenvalue weighted by molar-refractivity contribution is 0.0337. The van der Waals surface area contributed by atoms with E-state index in [4.69, 9.17) is 4.74 Å². The van der Waals surface area contributed by atoms with Crippen LogP contribution in [0.1, 0.15) is 58.4 Å². The highest BCUT2D eigenvalue weighted by atomic mass is 19.1. The van der Waals surface area contributed by atoms with Crippen LogP contribution in [0.2, 0.25) is 0 Å². The molecular formula is C24H30FN3O2. The third-order valence-corrected chi connectivity index (χ3v) is 6.66. The molecule has 1 atom stereocenters. The normalized spacial score (nSPS) is 23.1. The predicted octanol–water partition coefficient (Wildman–Crippen LogP) is 5.29. The topological polar surface area (TPSA) is 48.6 Å². The molecule has 160 valence electrons. The van der Waals surface area contributed by atoms with Gasteiger partial charge in [-0.15, -0.1) is 0 Å². The number of benzene rings is 1. The van der Waals surface area contributed by atoms with E-state index in [9.17, 15) is 9.18 Å². The predicted molar refractivity (Wildman–Crippen MR) is 115 cm³/mol. The van der Waals surface area contributed by atoms with Crippen molar-refractivity contribution in [2.24, 2.45) is 0 Å². The smallest absolute Gasteiger partial charge is 0.414 e. The number of hydrogen-bond donors (Lipinski definition) is 1. The minimum absolute atomic E-state index is 0.248. The van der Waals surface area contributed by atoms with Crippen molar-refractivity contribution < 1.29 is 13.9 Å². The molecule has 6 heteroatoms. The molecule has 3 heterocycles. The van der Waals surface area contributed by atoms with Gasteiger partial charge in [0.25, 0.3) is 0 Å². The summed E-state index contributed by atoms with van der Waals surface area (Å²) in [6, 6.07) is 5.70. The molecule has 2 fully saturated rings. The highest BCUT2D eigenvalue weighted by Gasteiger charge is 2.46. The van der Waals surface area contributed by atoms with Crippen LogP contribution in [0.15, 0.2) is 30.1 Å². The Morgan fingerprint density at radius 3 is 2.70 bits per heavy atom. The number of nitrogens with zero attached hydrogens (tertiary/aromatic N) is 2. The Kier molecular flexibility index (Phi) is 4.65. The van der Waals surface area contributed by atoms with Crippen molar-refractivity contribution in [1.82, 2.24) is 14.8 Å². The van der Waals surface area contributed by atoms with Gasteiger partial charge in [-0.25, -0.2) is 9.18 Å². The van der Waals surface area contributed by atoms with Gasteiger partial charge in [-0.1, -0.05) is 12.8 Å². The number of carbonyl (C=O) groups is 1. The van der Waals surface area contributed by atoms with Crippen molar-refractivity contribution in [1.29, 1.82) is 0 Å². The van der Waals surface area contributed by atoms with Crippen LogP contribution in [-0.2, 0) is 4.74 Å². The number of carbonyl (C=O) groups excluding carboxylic acids is 1. The number of ether oxygens (including phenoxy) is 1. The summed E-state index contributed by atoms with van der Waals surface area (Å²) in [5, 5.41) is 1.00. The summed E-state index contributed by atoms with van der Waals surface area (Å²) in [5.41, 5.74) is 3.59. The second-order valence-electron chi connectivity index (χ2n) is 9.80. The molecule has 3 aliphatic rings. The van der Waals surface area contributed by atoms with Crippen molar-refractivity contribution in [3.05, 3.63) is 41.5 Å². The Morgan fingerprint density at radius 1 is 1.20 bits per heavy atom. The second kappa shape index (κ2) is 7.12. The number of rotatable bonds is 2. The second-order valence-corrected chi connectivity index (χ2v) is 9.80. The number of fused-ring (bicyclic) bond motifs is 2. The van der Waals surface area contributed by atoms with Gasteiger partial charge in [0.05, 0.1) is 6.04 Å². The maximum Gasteiger partial charge on any atom is 0.414 e. The number of halogens is 1. The molecule has 5 rings (SSSR count). The number of amides is 1. The molecule has 5 nitrogen and oxygen atoms in total. The summed E-state index contributed by atoms with van der Waals surface area (Å²) >= 11 is 0. The van der Waals surface area contributed by atoms with Gasteiger partial charge in [0.15, 0.2) is 0 Å². The fourth-order valence-electron chi connectivity index (χ4n) is 5.45. The van der Waals surface area contributed by atoms with E-state index < -0.39 is 5.60 Å². The summed E-state index contributed by atoms with van der Waals surface area (Å²) in [7, 11) is 0. The molecule has 1 amide bonds. The first-order valence-electron chi connectivity index (χ1n) is 11.1. The third kappa shape index (κ3) is 3.31. The van der Waals surface area contributed by atoms with E-state index in [1.807, 2.05) is 37.9 Å². The van der Waals surface area contributed by atoms with Crippen molar-refractivity contribution in [3.8, 4) is 0 Å². The minimum Gasteiger partial charge on any atom is -0.443 e. The van der Waals surface area contributed by atoms with Crippen molar-refractivity contribution in [2.45, 2.75) is 70.6 Å². The molecule has 2 aromatic rings. The number of H-pyrrole nitrogens is 1. The molecule has 0 spiro atoms. The van der Waals surface area contributed by atoms with Crippen molar-refractivity contribution in [2.75, 3.05) is 13.1 Å². The molecule has 0 bridgehead atoms. The number of aromatic nitrogens is 1. The van der Waals surface area contributed by atoms with Crippen LogP contribution in [-0.4, -0.2) is 51.7 Å². The van der Waals surface area contributed by atoms with E-state index >= 15 is 0 Å². The van der Waals surface area contributed by atoms with Crippen LogP contribution in [0.5, 0.6) is 0 Å². The summed E-state index contributed by atoms with van der Waals surface area (Å²) in [4.78, 5) is 20.7. The van der Waals surface area contributed by atoms with Crippen LogP contribution >= 0.6 is 0 Å². The van der Waals surface area contributed by atoms with Gasteiger partial charge in [0, 0.05) is 47.5 Å². The molecule has 1 aromatic heterocycles. The molecule has 30 heavy (non-hydrogen) atoms. The van der Waals surface area contributed by atoms with Gasteiger partial charge in [0.2, 0.25) is 0 Å². The summed E-state index contributed by atoms with van der Waals surface area (Å²) in [6.07, 6.45) is 7.64. The molecule has 1 saturated heterocycles. The highest BCUT2D eigenvalue weighted by Crippen LogP contribution is 2.44. The van der Waals surface area contributed by atoms with Crippen molar-refractivity contribution >= 4 is 22.6 Å². The zero-order valence-electron chi connectivity index (χ0n) is 18.0. The molecular weight excluding hydrogens is 381 g/mol. The zero-order chi connectivity index (χ0) is 21.0. The number of hydrogen-bond acceptors (Lipinski definition) is 3. The van der Waals surface area contributed by atoms with Crippen LogP contribution in [0.3, 0.4) is 0 Å². The zero-order valence-corrected chi connectivity index (χ0v) is 18.0. The van der Waals surface area contributed by atoms with Gasteiger partial charge in [-0.3, -0.25) is 9.80 Å². The first-order chi connectivity index (χ1) is 14.3. The Labute approximate surface area is 176 Å². The van der Waals surface area contributed by atoms with Gasteiger partial charge in [-0.2, -0.15) is 0 Å². The first kappa shape index (κ1) is 19.6. The standard InChI is InChI=1S/C24H30FN3O2/c1-24(2,3)30-23(29)27-11-10-21-22(27)19(14-28(21)16-6-4-5-7-16)18-13-26-20-12-15(25)8-9-17(18)20/h8-9,12-13,16,21,26H,4-7,10-11,14H2,1-3H3. The minimum atomic E-state index is -0.530. The van der Waals surface area contributed by atoms with Crippen LogP contribution in [0.25, 0.3) is 16.5 Å². The lowest BCUT2D eigenvalue weighted by atomic mass is 10.0. The molecule has 1 aromatic carbocycles. The van der Waals surface area contributed by atoms with Crippen LogP contribution < -0.4 is 0 Å². The molecule has 2 aliphatic heterocycles. The molecule has 1 saturated carbocycles. The van der Waals surface area contributed by atoms with E-state index in [-0.39, 0.29) is 18.0 Å². The lowest BCUT2D eigenvalue weighted by Crippen LogP contribution is -2.39. The summed E-state index contributed by atoms with van der Waals surface area (Å²) < 4.78 is 19.5. The maximum atomic E-state index is 13.7. The van der Waals surface area contributed by atoms with Gasteiger partial charge in [-0.05, 0) is 63.8 Å². The maximum absolute atomic E-state index is 13.7. The van der Waals surface area contributed by atoms with E-state index in [0.29, 0.717) is 12.6 Å². The lowest BCUT2D eigenvalue weighted by Gasteiger charge is -2.29. The monoisotopic (exact) mass is 411 g/mol. The Hall–Kier alpha value is -2.34. The molecule has 0 radical (unpaired) electrons. The third-order valence-electron chi connectivity index (χ3n) is 6.66. The Balaban J connectivity index is 1.58. The molecule has 1 N–H and O–H groups in total. The van der Waals surface area contributed by atoms with Crippen LogP contribution in [0.4, 0.5) is 9.18 Å². The van der Waals surface area contributed by atoms with E-state index in [1.54, 1.807) is 0 Å². The van der Waals surface area contributed by atoms with Gasteiger partial charge >= 0.3 is 6.09 Å². The number of likely N-dealkylation sites (tertiary alicyclic amines) is 1. The summed E-state index contributed by atoms with van der Waals surface area (Å²) in [5.74, 6) is -0.248. The first-order valence-corrected chi connectivity index (χ1v) is 11.1. The van der Waals surface area contributed by atoms with Gasteiger partial charge in [0.1, 0.15) is 11.4 Å². The average Bonchev–Trinajstić information content (AvgIpc) is 3.43. The number of aromatic amines is 1. The molecule has 1 unspecified atom stereocenters. The van der Waals surface area contributed by atoms with E-state index in [2.05, 4.69) is 9.88 Å². The fraction of sp³-hybridized carbons (Fsp3) is 0.542.